The first-order valence-electron chi connectivity index (χ1n) is 5.13. The molecule has 0 amide bonds. The minimum Gasteiger partial charge on any atom is -0.478 e. The van der Waals surface area contributed by atoms with Gasteiger partial charge in [0, 0.05) is 0 Å². The minimum absolute atomic E-state index is 0.188. The van der Waals surface area contributed by atoms with Crippen molar-refractivity contribution in [2.24, 2.45) is 0 Å². The van der Waals surface area contributed by atoms with Crippen molar-refractivity contribution in [2.45, 2.75) is 19.8 Å². The second kappa shape index (κ2) is 4.87. The monoisotopic (exact) mass is 252 g/mol. The first kappa shape index (κ1) is 13.7. The maximum absolute atomic E-state index is 11.0. The van der Waals surface area contributed by atoms with Gasteiger partial charge < -0.3 is 15.3 Å². The summed E-state index contributed by atoms with van der Waals surface area (Å²) in [6.45, 7) is 3.40. The molecule has 1 aromatic carbocycles. The van der Waals surface area contributed by atoms with E-state index >= 15 is 0 Å². The Morgan fingerprint density at radius 2 is 1.22 bits per heavy atom. The molecular formula is C12H12O6. The maximum Gasteiger partial charge on any atom is 0.336 e. The summed E-state index contributed by atoms with van der Waals surface area (Å²) >= 11 is 0. The van der Waals surface area contributed by atoms with Crippen LogP contribution in [0.15, 0.2) is 12.1 Å². The summed E-state index contributed by atoms with van der Waals surface area (Å²) in [6.07, 6.45) is 0. The molecule has 0 atom stereocenters. The summed E-state index contributed by atoms with van der Waals surface area (Å²) in [5.41, 5.74) is -0.821. The van der Waals surface area contributed by atoms with E-state index in [4.69, 9.17) is 15.3 Å². The van der Waals surface area contributed by atoms with Crippen molar-refractivity contribution in [1.29, 1.82) is 0 Å². The van der Waals surface area contributed by atoms with Gasteiger partial charge in [0.05, 0.1) is 16.7 Å². The molecular weight excluding hydrogens is 240 g/mol. The van der Waals surface area contributed by atoms with Gasteiger partial charge in [0.2, 0.25) is 0 Å². The van der Waals surface area contributed by atoms with Crippen LogP contribution in [0.5, 0.6) is 0 Å². The summed E-state index contributed by atoms with van der Waals surface area (Å²) in [5, 5.41) is 26.8. The van der Waals surface area contributed by atoms with E-state index in [2.05, 4.69) is 0 Å². The molecule has 1 aromatic rings. The van der Waals surface area contributed by atoms with Gasteiger partial charge in [0.15, 0.2) is 0 Å². The van der Waals surface area contributed by atoms with Crippen LogP contribution in [0.2, 0.25) is 0 Å². The van der Waals surface area contributed by atoms with Gasteiger partial charge in [-0.25, -0.2) is 14.4 Å². The molecule has 0 heterocycles. The number of rotatable bonds is 4. The standard InChI is InChI=1S/C12H12O6/c1-5(2)6-3-8(11(15)16)9(12(17)18)4-7(6)10(13)14/h3-5H,1-2H3,(H,13,14)(H,15,16)(H,17,18). The molecule has 0 saturated carbocycles. The van der Waals surface area contributed by atoms with E-state index in [0.29, 0.717) is 5.56 Å². The van der Waals surface area contributed by atoms with Crippen molar-refractivity contribution in [1.82, 2.24) is 0 Å². The van der Waals surface area contributed by atoms with E-state index < -0.39 is 29.0 Å². The molecule has 96 valence electrons. The lowest BCUT2D eigenvalue weighted by Gasteiger charge is -2.12. The van der Waals surface area contributed by atoms with Gasteiger partial charge in [0.1, 0.15) is 0 Å². The average Bonchev–Trinajstić information content (AvgIpc) is 2.26. The number of hydrogen-bond acceptors (Lipinski definition) is 3. The Kier molecular flexibility index (Phi) is 3.70. The van der Waals surface area contributed by atoms with Gasteiger partial charge in [-0.2, -0.15) is 0 Å². The second-order valence-corrected chi connectivity index (χ2v) is 4.06. The summed E-state index contributed by atoms with van der Waals surface area (Å²) in [5.74, 6) is -4.37. The Morgan fingerprint density at radius 3 is 1.56 bits per heavy atom. The molecule has 0 aromatic heterocycles. The molecule has 0 aliphatic carbocycles. The summed E-state index contributed by atoms with van der Waals surface area (Å²) in [7, 11) is 0. The quantitative estimate of drug-likeness (QED) is 0.754. The van der Waals surface area contributed by atoms with Crippen molar-refractivity contribution < 1.29 is 29.7 Å². The average molecular weight is 252 g/mol. The third-order valence-corrected chi connectivity index (χ3v) is 2.50. The van der Waals surface area contributed by atoms with Crippen molar-refractivity contribution in [2.75, 3.05) is 0 Å². The van der Waals surface area contributed by atoms with E-state index in [9.17, 15) is 14.4 Å². The minimum atomic E-state index is -1.47. The van der Waals surface area contributed by atoms with Crippen molar-refractivity contribution >= 4 is 17.9 Å². The van der Waals surface area contributed by atoms with Crippen molar-refractivity contribution in [3.63, 3.8) is 0 Å². The smallest absolute Gasteiger partial charge is 0.336 e. The van der Waals surface area contributed by atoms with Gasteiger partial charge in [-0.05, 0) is 23.6 Å². The van der Waals surface area contributed by atoms with E-state index in [1.54, 1.807) is 13.8 Å². The van der Waals surface area contributed by atoms with E-state index in [-0.39, 0.29) is 11.5 Å². The van der Waals surface area contributed by atoms with Gasteiger partial charge in [-0.15, -0.1) is 0 Å². The van der Waals surface area contributed by atoms with Gasteiger partial charge >= 0.3 is 17.9 Å². The van der Waals surface area contributed by atoms with Crippen LogP contribution in [0.25, 0.3) is 0 Å². The fourth-order valence-corrected chi connectivity index (χ4v) is 1.63. The Bertz CT molecular complexity index is 530. The fraction of sp³-hybridized carbons (Fsp3) is 0.250. The third kappa shape index (κ3) is 2.48. The number of carbonyl (C=O) groups is 3. The normalized spacial score (nSPS) is 10.4. The Labute approximate surface area is 102 Å². The fourth-order valence-electron chi connectivity index (χ4n) is 1.63. The molecule has 0 saturated heterocycles. The topological polar surface area (TPSA) is 112 Å². The number of aromatic carboxylic acids is 3. The van der Waals surface area contributed by atoms with Crippen LogP contribution in [0.3, 0.4) is 0 Å². The Hall–Kier alpha value is -2.37. The molecule has 0 fully saturated rings. The Balaban J connectivity index is 3.66. The molecule has 0 bridgehead atoms. The lowest BCUT2D eigenvalue weighted by Crippen LogP contribution is -2.13. The van der Waals surface area contributed by atoms with Crippen LogP contribution < -0.4 is 0 Å². The second-order valence-electron chi connectivity index (χ2n) is 4.06. The zero-order valence-corrected chi connectivity index (χ0v) is 9.80. The molecule has 0 aliphatic heterocycles. The third-order valence-electron chi connectivity index (χ3n) is 2.50. The molecule has 6 nitrogen and oxygen atoms in total. The lowest BCUT2D eigenvalue weighted by molar-refractivity contribution is 0.0649. The van der Waals surface area contributed by atoms with E-state index in [0.717, 1.165) is 12.1 Å². The number of hydrogen-bond donors (Lipinski definition) is 3. The molecule has 0 spiro atoms. The summed E-state index contributed by atoms with van der Waals surface area (Å²) < 4.78 is 0. The van der Waals surface area contributed by atoms with Crippen LogP contribution in [0, 0.1) is 0 Å². The van der Waals surface area contributed by atoms with Crippen LogP contribution in [-0.4, -0.2) is 33.2 Å². The highest BCUT2D eigenvalue weighted by Crippen LogP contribution is 2.24. The number of carboxylic acid groups (broad SMARTS) is 3. The van der Waals surface area contributed by atoms with Crippen LogP contribution in [0.1, 0.15) is 56.4 Å². The van der Waals surface area contributed by atoms with Crippen molar-refractivity contribution in [3.05, 3.63) is 34.4 Å². The first-order chi connectivity index (χ1) is 8.25. The van der Waals surface area contributed by atoms with Crippen LogP contribution in [-0.2, 0) is 0 Å². The van der Waals surface area contributed by atoms with Gasteiger partial charge in [-0.3, -0.25) is 0 Å². The summed E-state index contributed by atoms with van der Waals surface area (Å²) in [6, 6.07) is 2.00. The SMILES string of the molecule is CC(C)c1cc(C(=O)O)c(C(=O)O)cc1C(=O)O. The highest BCUT2D eigenvalue weighted by Gasteiger charge is 2.23. The molecule has 0 unspecified atom stereocenters. The van der Waals surface area contributed by atoms with Crippen LogP contribution >= 0.6 is 0 Å². The maximum atomic E-state index is 11.0. The predicted octanol–water partition coefficient (Wildman–Crippen LogP) is 1.90. The molecule has 0 aliphatic rings. The van der Waals surface area contributed by atoms with Gasteiger partial charge in [0.25, 0.3) is 0 Å². The van der Waals surface area contributed by atoms with Gasteiger partial charge in [-0.1, -0.05) is 13.8 Å². The molecule has 18 heavy (non-hydrogen) atoms. The van der Waals surface area contributed by atoms with Crippen LogP contribution in [0.4, 0.5) is 0 Å². The zero-order chi connectivity index (χ0) is 14.0. The number of carboxylic acids is 3. The predicted molar refractivity (Wildman–Crippen MR) is 61.4 cm³/mol. The molecule has 6 heteroatoms. The number of benzene rings is 1. The first-order valence-corrected chi connectivity index (χ1v) is 5.13. The highest BCUT2D eigenvalue weighted by molar-refractivity contribution is 6.04. The molecule has 3 N–H and O–H groups in total. The zero-order valence-electron chi connectivity index (χ0n) is 9.80. The Morgan fingerprint density at radius 1 is 0.833 bits per heavy atom. The van der Waals surface area contributed by atoms with E-state index in [1.807, 2.05) is 0 Å². The van der Waals surface area contributed by atoms with Crippen molar-refractivity contribution in [3.8, 4) is 0 Å². The highest BCUT2D eigenvalue weighted by atomic mass is 16.4. The molecule has 0 radical (unpaired) electrons. The lowest BCUT2D eigenvalue weighted by atomic mass is 9.92. The molecule has 1 rings (SSSR count). The summed E-state index contributed by atoms with van der Waals surface area (Å²) in [4.78, 5) is 32.9. The van der Waals surface area contributed by atoms with E-state index in [1.165, 1.54) is 0 Å². The largest absolute Gasteiger partial charge is 0.478 e.